The fourth-order valence-electron chi connectivity index (χ4n) is 2.23. The number of aromatic amines is 1. The number of benzene rings is 1. The van der Waals surface area contributed by atoms with E-state index in [1.807, 2.05) is 0 Å². The quantitative estimate of drug-likeness (QED) is 0.560. The largest absolute Gasteiger partial charge is 0.361 e. The van der Waals surface area contributed by atoms with Gasteiger partial charge in [-0.2, -0.15) is 0 Å². The van der Waals surface area contributed by atoms with E-state index in [1.165, 1.54) is 33.2 Å². The van der Waals surface area contributed by atoms with Crippen molar-refractivity contribution in [2.75, 3.05) is 0 Å². The number of aromatic nitrogens is 1. The Balaban J connectivity index is 2.56. The molecule has 0 saturated heterocycles. The molecule has 0 atom stereocenters. The van der Waals surface area contributed by atoms with E-state index in [0.717, 1.165) is 0 Å². The highest BCUT2D eigenvalue weighted by Gasteiger charge is 2.12. The lowest BCUT2D eigenvalue weighted by atomic mass is 10.0. The highest BCUT2D eigenvalue weighted by Crippen LogP contribution is 2.35. The molecular formula is C14H13N. The van der Waals surface area contributed by atoms with E-state index in [0.29, 0.717) is 0 Å². The molecule has 0 fully saturated rings. The summed E-state index contributed by atoms with van der Waals surface area (Å²) in [7, 11) is 0. The lowest BCUT2D eigenvalue weighted by Crippen LogP contribution is -1.89. The number of nitrogens with one attached hydrogen (secondary N) is 1. The number of hydrogen-bond donors (Lipinski definition) is 1. The fraction of sp³-hybridized carbons (Fsp3) is 0.143. The van der Waals surface area contributed by atoms with Crippen LogP contribution in [0, 0.1) is 13.8 Å². The lowest BCUT2D eigenvalue weighted by molar-refractivity contribution is 1.23. The standard InChI is InChI=1S/C14H13N/c1-9-8-15-13-7-11-5-3-4-6-12(11)14(13)10(9)2/h3-8,15H,1-2H3. The second kappa shape index (κ2) is 2.86. The first kappa shape index (κ1) is 8.54. The molecule has 1 aromatic rings. The molecule has 2 aliphatic rings. The van der Waals surface area contributed by atoms with Gasteiger partial charge >= 0.3 is 0 Å². The van der Waals surface area contributed by atoms with Crippen LogP contribution in [0.3, 0.4) is 0 Å². The fourth-order valence-corrected chi connectivity index (χ4v) is 2.23. The molecule has 0 unspecified atom stereocenters. The summed E-state index contributed by atoms with van der Waals surface area (Å²) < 4.78 is 0. The van der Waals surface area contributed by atoms with E-state index in [2.05, 4.69) is 55.4 Å². The van der Waals surface area contributed by atoms with Crippen molar-refractivity contribution in [3.05, 3.63) is 47.7 Å². The van der Waals surface area contributed by atoms with Crippen LogP contribution in [-0.4, -0.2) is 4.98 Å². The van der Waals surface area contributed by atoms with Gasteiger partial charge in [0.1, 0.15) is 0 Å². The SMILES string of the molecule is Cc1c[nH]c2cc3ccccc3c-2c1C. The normalized spacial score (nSPS) is 11.3. The van der Waals surface area contributed by atoms with Crippen LogP contribution in [0.2, 0.25) is 0 Å². The molecule has 1 nitrogen and oxygen atoms in total. The summed E-state index contributed by atoms with van der Waals surface area (Å²) in [6.45, 7) is 4.34. The highest BCUT2D eigenvalue weighted by atomic mass is 14.7. The van der Waals surface area contributed by atoms with Crippen LogP contribution >= 0.6 is 0 Å². The van der Waals surface area contributed by atoms with Gasteiger partial charge < -0.3 is 4.98 Å². The van der Waals surface area contributed by atoms with Gasteiger partial charge in [-0.3, -0.25) is 0 Å². The van der Waals surface area contributed by atoms with E-state index in [4.69, 9.17) is 0 Å². The van der Waals surface area contributed by atoms with Crippen molar-refractivity contribution in [2.45, 2.75) is 13.8 Å². The molecule has 0 saturated carbocycles. The number of aryl methyl sites for hydroxylation is 1. The monoisotopic (exact) mass is 195 g/mol. The first-order chi connectivity index (χ1) is 7.27. The molecule has 0 amide bonds. The zero-order valence-corrected chi connectivity index (χ0v) is 8.96. The number of rotatable bonds is 0. The Labute approximate surface area is 89.1 Å². The maximum atomic E-state index is 3.35. The Kier molecular flexibility index (Phi) is 1.63. The van der Waals surface area contributed by atoms with Gasteiger partial charge in [0.15, 0.2) is 0 Å². The first-order valence-corrected chi connectivity index (χ1v) is 5.23. The van der Waals surface area contributed by atoms with Crippen LogP contribution in [0.15, 0.2) is 36.5 Å². The number of hydrogen-bond acceptors (Lipinski definition) is 0. The highest BCUT2D eigenvalue weighted by molar-refractivity contribution is 6.02. The van der Waals surface area contributed by atoms with Gasteiger partial charge in [-0.05, 0) is 41.8 Å². The molecule has 1 N–H and O–H groups in total. The van der Waals surface area contributed by atoms with Crippen molar-refractivity contribution in [1.29, 1.82) is 0 Å². The average Bonchev–Trinajstić information content (AvgIpc) is 2.62. The minimum atomic E-state index is 1.24. The summed E-state index contributed by atoms with van der Waals surface area (Å²) >= 11 is 0. The van der Waals surface area contributed by atoms with Crippen LogP contribution in [0.4, 0.5) is 0 Å². The molecule has 1 heteroatoms. The maximum absolute atomic E-state index is 3.35. The van der Waals surface area contributed by atoms with Crippen molar-refractivity contribution in [2.24, 2.45) is 0 Å². The lowest BCUT2D eigenvalue weighted by Gasteiger charge is -2.07. The molecule has 0 aromatic heterocycles. The summed E-state index contributed by atoms with van der Waals surface area (Å²) in [5.41, 5.74) is 5.30. The minimum Gasteiger partial charge on any atom is -0.361 e. The first-order valence-electron chi connectivity index (χ1n) is 5.23. The minimum absolute atomic E-state index is 1.24. The second-order valence-electron chi connectivity index (χ2n) is 4.12. The van der Waals surface area contributed by atoms with Gasteiger partial charge in [0.25, 0.3) is 0 Å². The van der Waals surface area contributed by atoms with E-state index in [1.54, 1.807) is 0 Å². The molecule has 3 rings (SSSR count). The Morgan fingerprint density at radius 2 is 1.87 bits per heavy atom. The van der Waals surface area contributed by atoms with Crippen molar-refractivity contribution >= 4 is 10.8 Å². The molecule has 1 aliphatic heterocycles. The van der Waals surface area contributed by atoms with Gasteiger partial charge in [0.05, 0.1) is 0 Å². The molecule has 74 valence electrons. The van der Waals surface area contributed by atoms with Gasteiger partial charge in [-0.25, -0.2) is 0 Å². The van der Waals surface area contributed by atoms with E-state index < -0.39 is 0 Å². The molecular weight excluding hydrogens is 182 g/mol. The Bertz CT molecular complexity index is 604. The van der Waals surface area contributed by atoms with Crippen LogP contribution in [0.5, 0.6) is 0 Å². The van der Waals surface area contributed by atoms with E-state index in [9.17, 15) is 0 Å². The Hall–Kier alpha value is -1.76. The van der Waals surface area contributed by atoms with Crippen molar-refractivity contribution in [1.82, 2.24) is 4.98 Å². The van der Waals surface area contributed by atoms with Crippen LogP contribution in [0.1, 0.15) is 11.1 Å². The summed E-state index contributed by atoms with van der Waals surface area (Å²) in [5, 5.41) is 2.67. The third kappa shape index (κ3) is 1.09. The molecule has 1 heterocycles. The maximum Gasteiger partial charge on any atom is 0.0468 e. The molecule has 0 spiro atoms. The molecule has 15 heavy (non-hydrogen) atoms. The predicted molar refractivity (Wildman–Crippen MR) is 64.4 cm³/mol. The second-order valence-corrected chi connectivity index (χ2v) is 4.12. The Morgan fingerprint density at radius 1 is 1.07 bits per heavy atom. The molecule has 1 aromatic carbocycles. The smallest absolute Gasteiger partial charge is 0.0468 e. The van der Waals surface area contributed by atoms with Crippen LogP contribution in [-0.2, 0) is 0 Å². The molecule has 0 bridgehead atoms. The third-order valence-corrected chi connectivity index (χ3v) is 3.21. The van der Waals surface area contributed by atoms with Crippen molar-refractivity contribution in [3.63, 3.8) is 0 Å². The third-order valence-electron chi connectivity index (χ3n) is 3.21. The van der Waals surface area contributed by atoms with Gasteiger partial charge in [-0.1, -0.05) is 24.3 Å². The average molecular weight is 195 g/mol. The number of pyridine rings is 1. The summed E-state index contributed by atoms with van der Waals surface area (Å²) in [6, 6.07) is 10.8. The zero-order chi connectivity index (χ0) is 10.4. The van der Waals surface area contributed by atoms with Gasteiger partial charge in [0.2, 0.25) is 0 Å². The number of H-pyrrole nitrogens is 1. The zero-order valence-electron chi connectivity index (χ0n) is 8.96. The van der Waals surface area contributed by atoms with E-state index >= 15 is 0 Å². The summed E-state index contributed by atoms with van der Waals surface area (Å²) in [6.07, 6.45) is 2.08. The summed E-state index contributed by atoms with van der Waals surface area (Å²) in [4.78, 5) is 3.35. The predicted octanol–water partition coefficient (Wildman–Crippen LogP) is 3.89. The number of fused-ring (bicyclic) bond motifs is 3. The van der Waals surface area contributed by atoms with Gasteiger partial charge in [-0.15, -0.1) is 0 Å². The molecule has 1 aliphatic carbocycles. The van der Waals surface area contributed by atoms with Crippen molar-refractivity contribution in [3.8, 4) is 11.3 Å². The summed E-state index contributed by atoms with van der Waals surface area (Å²) in [5.74, 6) is 0. The topological polar surface area (TPSA) is 15.8 Å². The van der Waals surface area contributed by atoms with Crippen LogP contribution < -0.4 is 0 Å². The van der Waals surface area contributed by atoms with Crippen LogP contribution in [0.25, 0.3) is 22.0 Å². The Morgan fingerprint density at radius 3 is 2.73 bits per heavy atom. The van der Waals surface area contributed by atoms with Gasteiger partial charge in [0, 0.05) is 17.5 Å². The van der Waals surface area contributed by atoms with Crippen molar-refractivity contribution < 1.29 is 0 Å². The molecule has 0 radical (unpaired) electrons. The van der Waals surface area contributed by atoms with E-state index in [-0.39, 0.29) is 0 Å².